The maximum absolute atomic E-state index is 13.8. The first kappa shape index (κ1) is 22.7. The number of anilines is 1. The fourth-order valence-corrected chi connectivity index (χ4v) is 3.87. The Kier molecular flexibility index (Phi) is 7.20. The summed E-state index contributed by atoms with van der Waals surface area (Å²) in [5.74, 6) is 0.951. The van der Waals surface area contributed by atoms with Crippen molar-refractivity contribution in [1.29, 1.82) is 0 Å². The van der Waals surface area contributed by atoms with Crippen LogP contribution in [0.1, 0.15) is 16.7 Å². The zero-order valence-corrected chi connectivity index (χ0v) is 18.9. The number of benzene rings is 2. The second kappa shape index (κ2) is 9.85. The summed E-state index contributed by atoms with van der Waals surface area (Å²) in [6.07, 6.45) is 1.79. The van der Waals surface area contributed by atoms with Crippen molar-refractivity contribution in [3.8, 4) is 22.6 Å². The van der Waals surface area contributed by atoms with Gasteiger partial charge in [-0.3, -0.25) is 9.52 Å². The average Bonchev–Trinajstić information content (AvgIpc) is 2.73. The van der Waals surface area contributed by atoms with Gasteiger partial charge in [-0.25, -0.2) is 4.39 Å². The number of nitrogens with one attached hydrogen (secondary N) is 2. The van der Waals surface area contributed by atoms with Crippen LogP contribution in [0.4, 0.5) is 10.1 Å². The van der Waals surface area contributed by atoms with Gasteiger partial charge in [0.2, 0.25) is 0 Å². The van der Waals surface area contributed by atoms with Crippen LogP contribution in [0.2, 0.25) is 0 Å². The quantitative estimate of drug-likeness (QED) is 0.357. The summed E-state index contributed by atoms with van der Waals surface area (Å²) in [5.41, 5.74) is 4.48. The number of aromatic nitrogens is 1. The van der Waals surface area contributed by atoms with Crippen molar-refractivity contribution in [2.75, 3.05) is 12.4 Å². The van der Waals surface area contributed by atoms with Gasteiger partial charge in [-0.2, -0.15) is 0 Å². The van der Waals surface area contributed by atoms with Gasteiger partial charge in [0, 0.05) is 38.0 Å². The Labute approximate surface area is 186 Å². The van der Waals surface area contributed by atoms with E-state index in [0.717, 1.165) is 16.7 Å². The highest BCUT2D eigenvalue weighted by Gasteiger charge is 2.17. The van der Waals surface area contributed by atoms with E-state index in [-0.39, 0.29) is 11.4 Å². The molecule has 0 unspecified atom stereocenters. The molecule has 3 aromatic rings. The zero-order valence-electron chi connectivity index (χ0n) is 18.1. The highest BCUT2D eigenvalue weighted by atomic mass is 32.2. The van der Waals surface area contributed by atoms with E-state index < -0.39 is 0 Å². The highest BCUT2D eigenvalue weighted by Crippen LogP contribution is 2.39. The van der Waals surface area contributed by atoms with Gasteiger partial charge in [0.1, 0.15) is 23.0 Å². The van der Waals surface area contributed by atoms with E-state index in [1.165, 1.54) is 24.1 Å². The van der Waals surface area contributed by atoms with Gasteiger partial charge in [0.15, 0.2) is 0 Å². The fraction of sp³-hybridized carbons (Fsp3) is 0.208. The van der Waals surface area contributed by atoms with Crippen LogP contribution in [-0.4, -0.2) is 11.6 Å². The average molecular weight is 440 g/mol. The van der Waals surface area contributed by atoms with Crippen molar-refractivity contribution in [1.82, 2.24) is 9.29 Å². The minimum absolute atomic E-state index is 0.114. The Balaban J connectivity index is 2.19. The van der Waals surface area contributed by atoms with Crippen molar-refractivity contribution in [3.63, 3.8) is 0 Å². The van der Waals surface area contributed by atoms with Crippen LogP contribution in [0.3, 0.4) is 0 Å². The molecule has 7 heteroatoms. The molecule has 0 spiro atoms. The number of aryl methyl sites for hydroxylation is 3. The molecule has 0 amide bonds. The molecule has 0 atom stereocenters. The zero-order chi connectivity index (χ0) is 22.5. The largest absolute Gasteiger partial charge is 0.456 e. The molecule has 1 heterocycles. The summed E-state index contributed by atoms with van der Waals surface area (Å²) in [5, 5.41) is 4.68. The van der Waals surface area contributed by atoms with Gasteiger partial charge in [-0.15, -0.1) is 0 Å². The molecule has 0 saturated heterocycles. The number of nitrogens with zero attached hydrogens (tertiary/aromatic N) is 1. The molecule has 3 rings (SSSR count). The molecule has 0 radical (unpaired) electrons. The third-order valence-corrected chi connectivity index (χ3v) is 5.40. The lowest BCUT2D eigenvalue weighted by atomic mass is 9.99. The topological polar surface area (TPSA) is 55.3 Å². The van der Waals surface area contributed by atoms with Gasteiger partial charge >= 0.3 is 0 Å². The normalized spacial score (nSPS) is 10.7. The molecule has 2 N–H and O–H groups in total. The van der Waals surface area contributed by atoms with E-state index >= 15 is 0 Å². The molecule has 0 bridgehead atoms. The summed E-state index contributed by atoms with van der Waals surface area (Å²) in [6, 6.07) is 10.5. The smallest absolute Gasteiger partial charge is 0.273 e. The number of ether oxygens (including phenoxy) is 1. The maximum atomic E-state index is 13.8. The second-order valence-electron chi connectivity index (χ2n) is 7.18. The number of hydrogen-bond acceptors (Lipinski definition) is 5. The molecule has 0 aliphatic heterocycles. The summed E-state index contributed by atoms with van der Waals surface area (Å²) >= 11 is 1.40. The van der Waals surface area contributed by atoms with Gasteiger partial charge in [0.25, 0.3) is 5.56 Å². The Morgan fingerprint density at radius 3 is 2.58 bits per heavy atom. The van der Waals surface area contributed by atoms with Crippen molar-refractivity contribution < 1.29 is 9.13 Å². The first-order valence-electron chi connectivity index (χ1n) is 9.80. The van der Waals surface area contributed by atoms with Crippen molar-refractivity contribution >= 4 is 17.6 Å². The van der Waals surface area contributed by atoms with Crippen molar-refractivity contribution in [2.45, 2.75) is 20.4 Å². The number of rotatable bonds is 8. The van der Waals surface area contributed by atoms with E-state index in [2.05, 4.69) is 16.6 Å². The Hall–Kier alpha value is -3.03. The van der Waals surface area contributed by atoms with E-state index in [1.807, 2.05) is 38.1 Å². The molecular weight excluding hydrogens is 413 g/mol. The molecular formula is C24H26FN3O2S. The minimum atomic E-state index is -0.293. The van der Waals surface area contributed by atoms with Crippen LogP contribution < -0.4 is 20.3 Å². The van der Waals surface area contributed by atoms with Crippen molar-refractivity contribution in [2.24, 2.45) is 7.05 Å². The number of pyridine rings is 1. The lowest BCUT2D eigenvalue weighted by molar-refractivity contribution is 0.473. The number of halogens is 1. The summed E-state index contributed by atoms with van der Waals surface area (Å²) in [7, 11) is 3.44. The summed E-state index contributed by atoms with van der Waals surface area (Å²) < 4.78 is 24.9. The first-order valence-corrected chi connectivity index (χ1v) is 10.7. The lowest BCUT2D eigenvalue weighted by Crippen LogP contribution is -2.19. The standard InChI is InChI=1S/C24H26FN3O2S/c1-6-31-27-13-17-8-7-9-21(30-23-15(2)10-19(25)11-16(23)3)22(17)18-12-20(26-4)24(29)28(5)14-18/h6-12,14,26-27H,1,13H2,2-5H3. The molecule has 0 fully saturated rings. The molecule has 0 aliphatic carbocycles. The summed E-state index contributed by atoms with van der Waals surface area (Å²) in [6.45, 7) is 7.92. The van der Waals surface area contributed by atoms with Crippen molar-refractivity contribution in [3.05, 3.63) is 87.4 Å². The summed E-state index contributed by atoms with van der Waals surface area (Å²) in [4.78, 5) is 12.4. The Morgan fingerprint density at radius 2 is 1.94 bits per heavy atom. The van der Waals surface area contributed by atoms with E-state index in [9.17, 15) is 9.18 Å². The van der Waals surface area contributed by atoms with E-state index in [1.54, 1.807) is 30.3 Å². The lowest BCUT2D eigenvalue weighted by Gasteiger charge is -2.19. The van der Waals surface area contributed by atoms with E-state index in [4.69, 9.17) is 4.74 Å². The predicted octanol–water partition coefficient (Wildman–Crippen LogP) is 5.52. The molecule has 0 aliphatic rings. The molecule has 162 valence electrons. The van der Waals surface area contributed by atoms with Crippen LogP contribution in [0.25, 0.3) is 11.1 Å². The SMILES string of the molecule is C=CSNCc1cccc(Oc2c(C)cc(F)cc2C)c1-c1cc(NC)c(=O)n(C)c1. The third-order valence-electron chi connectivity index (χ3n) is 4.92. The maximum Gasteiger partial charge on any atom is 0.273 e. The number of hydrogen-bond donors (Lipinski definition) is 2. The van der Waals surface area contributed by atoms with Crippen LogP contribution >= 0.6 is 11.9 Å². The highest BCUT2D eigenvalue weighted by molar-refractivity contribution is 8.00. The Morgan fingerprint density at radius 1 is 1.23 bits per heavy atom. The minimum Gasteiger partial charge on any atom is -0.456 e. The fourth-order valence-electron chi connectivity index (χ4n) is 3.51. The molecule has 31 heavy (non-hydrogen) atoms. The third kappa shape index (κ3) is 5.00. The van der Waals surface area contributed by atoms with E-state index in [0.29, 0.717) is 34.9 Å². The predicted molar refractivity (Wildman–Crippen MR) is 127 cm³/mol. The van der Waals surface area contributed by atoms with Gasteiger partial charge in [-0.05, 0) is 60.2 Å². The van der Waals surface area contributed by atoms with Gasteiger partial charge in [0.05, 0.1) is 0 Å². The Bertz CT molecular complexity index is 1150. The molecule has 5 nitrogen and oxygen atoms in total. The van der Waals surface area contributed by atoms with Crippen LogP contribution in [-0.2, 0) is 13.6 Å². The molecule has 2 aromatic carbocycles. The van der Waals surface area contributed by atoms with Crippen LogP contribution in [0.15, 0.2) is 59.4 Å². The first-order chi connectivity index (χ1) is 14.8. The molecule has 1 aromatic heterocycles. The van der Waals surface area contributed by atoms with Crippen LogP contribution in [0.5, 0.6) is 11.5 Å². The van der Waals surface area contributed by atoms with Crippen LogP contribution in [0, 0.1) is 19.7 Å². The monoisotopic (exact) mass is 439 g/mol. The second-order valence-corrected chi connectivity index (χ2v) is 8.03. The molecule has 0 saturated carbocycles. The van der Waals surface area contributed by atoms with Gasteiger partial charge in [-0.1, -0.05) is 30.7 Å². The van der Waals surface area contributed by atoms with Gasteiger partial charge < -0.3 is 14.6 Å².